The van der Waals surface area contributed by atoms with Gasteiger partial charge in [-0.15, -0.1) is 0 Å². The zero-order valence-corrected chi connectivity index (χ0v) is 15.1. The van der Waals surface area contributed by atoms with Gasteiger partial charge in [0, 0.05) is 29.6 Å². The van der Waals surface area contributed by atoms with E-state index in [-0.39, 0.29) is 23.2 Å². The van der Waals surface area contributed by atoms with E-state index in [1.807, 2.05) is 6.07 Å². The second-order valence-electron chi connectivity index (χ2n) is 5.50. The third-order valence-corrected chi connectivity index (χ3v) is 5.28. The molecule has 2 atom stereocenters. The van der Waals surface area contributed by atoms with Gasteiger partial charge in [-0.1, -0.05) is 34.7 Å². The van der Waals surface area contributed by atoms with Gasteiger partial charge in [0.05, 0.1) is 11.4 Å². The summed E-state index contributed by atoms with van der Waals surface area (Å²) in [6.07, 6.45) is 0.954. The van der Waals surface area contributed by atoms with Crippen LogP contribution in [-0.4, -0.2) is 33.7 Å². The summed E-state index contributed by atoms with van der Waals surface area (Å²) in [5.74, 6) is -0.386. The molecule has 118 valence electrons. The van der Waals surface area contributed by atoms with Crippen molar-refractivity contribution in [2.24, 2.45) is 0 Å². The molecule has 7 heteroatoms. The number of amides is 2. The Hall–Kier alpha value is -0.800. The lowest BCUT2D eigenvalue weighted by Gasteiger charge is -2.32. The number of nitrogens with one attached hydrogen (secondary N) is 2. The number of halogens is 1. The van der Waals surface area contributed by atoms with Crippen LogP contribution in [0.1, 0.15) is 29.3 Å². The molecule has 2 N–H and O–H groups in total. The van der Waals surface area contributed by atoms with E-state index in [9.17, 15) is 9.59 Å². The minimum Gasteiger partial charge on any atom is -0.384 e. The Morgan fingerprint density at radius 1 is 1.41 bits per heavy atom. The number of benzene rings is 1. The fraction of sp³-hybridized carbons (Fsp3) is 0.467. The van der Waals surface area contributed by atoms with Crippen LogP contribution in [0.25, 0.3) is 0 Å². The van der Waals surface area contributed by atoms with E-state index in [4.69, 9.17) is 12.6 Å². The lowest BCUT2D eigenvalue weighted by atomic mass is 10.0. The molecule has 0 spiro atoms. The molecule has 1 saturated heterocycles. The van der Waals surface area contributed by atoms with Gasteiger partial charge in [0.2, 0.25) is 11.8 Å². The first-order chi connectivity index (χ1) is 10.6. The van der Waals surface area contributed by atoms with Crippen molar-refractivity contribution in [2.75, 3.05) is 16.3 Å². The number of hydrogen-bond donors (Lipinski definition) is 3. The maximum atomic E-state index is 12.1. The third kappa shape index (κ3) is 2.98. The smallest absolute Gasteiger partial charge is 0.243 e. The predicted molar refractivity (Wildman–Crippen MR) is 97.3 cm³/mol. The van der Waals surface area contributed by atoms with E-state index in [0.29, 0.717) is 19.4 Å². The molecule has 2 aliphatic rings. The Bertz CT molecular complexity index is 610. The molecule has 0 bridgehead atoms. The number of thiol groups is 1. The van der Waals surface area contributed by atoms with Crippen molar-refractivity contribution >= 4 is 52.7 Å². The minimum atomic E-state index is -0.287. The zero-order valence-electron chi connectivity index (χ0n) is 12.0. The fourth-order valence-corrected chi connectivity index (χ4v) is 3.85. The maximum absolute atomic E-state index is 12.1. The van der Waals surface area contributed by atoms with Gasteiger partial charge in [-0.25, -0.2) is 0 Å². The third-order valence-electron chi connectivity index (χ3n) is 4.17. The summed E-state index contributed by atoms with van der Waals surface area (Å²) in [5.41, 5.74) is 3.46. The summed E-state index contributed by atoms with van der Waals surface area (Å²) in [5, 5.41) is 5.76. The number of rotatable bonds is 4. The fourth-order valence-electron chi connectivity index (χ4n) is 3.10. The Kier molecular flexibility index (Phi) is 4.94. The highest BCUT2D eigenvalue weighted by Gasteiger charge is 2.39. The van der Waals surface area contributed by atoms with E-state index < -0.39 is 0 Å². The first-order valence-electron chi connectivity index (χ1n) is 7.31. The van der Waals surface area contributed by atoms with Crippen LogP contribution < -0.4 is 10.6 Å². The quantitative estimate of drug-likeness (QED) is 0.296. The molecule has 2 heterocycles. The summed E-state index contributed by atoms with van der Waals surface area (Å²) in [4.78, 5) is 25.5. The van der Waals surface area contributed by atoms with Crippen LogP contribution in [0.15, 0.2) is 18.2 Å². The normalized spacial score (nSPS) is 25.0. The van der Waals surface area contributed by atoms with Gasteiger partial charge >= 0.3 is 0 Å². The molecular weight excluding hydrogens is 413 g/mol. The van der Waals surface area contributed by atoms with Crippen LogP contribution in [0.2, 0.25) is 0 Å². The van der Waals surface area contributed by atoms with Gasteiger partial charge < -0.3 is 5.32 Å². The van der Waals surface area contributed by atoms with Crippen LogP contribution in [-0.2, 0) is 16.1 Å². The van der Waals surface area contributed by atoms with Gasteiger partial charge in [0.1, 0.15) is 0 Å². The molecule has 22 heavy (non-hydrogen) atoms. The van der Waals surface area contributed by atoms with E-state index in [1.165, 1.54) is 5.56 Å². The summed E-state index contributed by atoms with van der Waals surface area (Å²) in [7, 11) is 0. The molecule has 2 aliphatic heterocycles. The number of fused-ring (bicyclic) bond motifs is 1. The number of alkyl halides is 1. The molecule has 2 unspecified atom stereocenters. The van der Waals surface area contributed by atoms with Crippen molar-refractivity contribution in [3.63, 3.8) is 0 Å². The Labute approximate surface area is 148 Å². The maximum Gasteiger partial charge on any atom is 0.243 e. The van der Waals surface area contributed by atoms with Crippen LogP contribution in [0.5, 0.6) is 0 Å². The van der Waals surface area contributed by atoms with Gasteiger partial charge in [0.15, 0.2) is 0 Å². The summed E-state index contributed by atoms with van der Waals surface area (Å²) in [6, 6.07) is 5.87. The van der Waals surface area contributed by atoms with Crippen molar-refractivity contribution in [2.45, 2.75) is 30.8 Å². The summed E-state index contributed by atoms with van der Waals surface area (Å²) >= 11 is 7.05. The summed E-state index contributed by atoms with van der Waals surface area (Å²) < 4.78 is 1.03. The minimum absolute atomic E-state index is 0.111. The number of carbonyl (C=O) groups excluding carboxylic acids is 2. The highest BCUT2D eigenvalue weighted by molar-refractivity contribution is 14.1. The van der Waals surface area contributed by atoms with Crippen LogP contribution in [0.3, 0.4) is 0 Å². The first kappa shape index (κ1) is 16.1. The number of hydrogen-bond acceptors (Lipinski definition) is 5. The molecule has 0 radical (unpaired) electrons. The van der Waals surface area contributed by atoms with Gasteiger partial charge in [-0.2, -0.15) is 12.6 Å². The molecular formula is C15H18IN3O2S. The lowest BCUT2D eigenvalue weighted by molar-refractivity contribution is -0.137. The first-order valence-corrected chi connectivity index (χ1v) is 9.35. The van der Waals surface area contributed by atoms with E-state index in [2.05, 4.69) is 50.3 Å². The highest BCUT2D eigenvalue weighted by Crippen LogP contribution is 2.41. The largest absolute Gasteiger partial charge is 0.384 e. The average molecular weight is 431 g/mol. The van der Waals surface area contributed by atoms with E-state index in [1.54, 1.807) is 0 Å². The standard InChI is InChI=1S/C15H18IN3O2S/c16-6-7-17-11-3-1-2-9-10(11)8-19(15(9)22)12-4-5-13(20)18-14(12)21/h1-3,12,15,17,22H,4-8H2,(H,18,20,21). The highest BCUT2D eigenvalue weighted by atomic mass is 127. The second kappa shape index (κ2) is 6.76. The Balaban J connectivity index is 1.83. The predicted octanol–water partition coefficient (Wildman–Crippen LogP) is 2.08. The Morgan fingerprint density at radius 3 is 2.95 bits per heavy atom. The number of piperidine rings is 1. The van der Waals surface area contributed by atoms with Crippen molar-refractivity contribution < 1.29 is 9.59 Å². The van der Waals surface area contributed by atoms with Crippen LogP contribution in [0, 0.1) is 0 Å². The Morgan fingerprint density at radius 2 is 2.23 bits per heavy atom. The number of imide groups is 1. The van der Waals surface area contributed by atoms with Crippen molar-refractivity contribution in [3.05, 3.63) is 29.3 Å². The number of anilines is 1. The van der Waals surface area contributed by atoms with Crippen LogP contribution in [0.4, 0.5) is 5.69 Å². The number of nitrogens with zero attached hydrogens (tertiary/aromatic N) is 1. The summed E-state index contributed by atoms with van der Waals surface area (Å²) in [6.45, 7) is 1.59. The molecule has 0 aliphatic carbocycles. The molecule has 2 amide bonds. The molecule has 0 saturated carbocycles. The molecule has 1 aromatic carbocycles. The zero-order chi connectivity index (χ0) is 15.7. The topological polar surface area (TPSA) is 61.4 Å². The van der Waals surface area contributed by atoms with Crippen LogP contribution >= 0.6 is 35.2 Å². The van der Waals surface area contributed by atoms with Gasteiger partial charge in [-0.05, 0) is 23.6 Å². The SMILES string of the molecule is O=C1CCC(N2Cc3c(NCCI)cccc3C2S)C(=O)N1. The molecule has 0 aromatic heterocycles. The molecule has 1 fully saturated rings. The van der Waals surface area contributed by atoms with E-state index in [0.717, 1.165) is 22.2 Å². The average Bonchev–Trinajstić information content (AvgIpc) is 2.83. The molecule has 1 aromatic rings. The van der Waals surface area contributed by atoms with E-state index >= 15 is 0 Å². The van der Waals surface area contributed by atoms with Gasteiger partial charge in [-0.3, -0.25) is 19.8 Å². The molecule has 5 nitrogen and oxygen atoms in total. The van der Waals surface area contributed by atoms with Gasteiger partial charge in [0.25, 0.3) is 0 Å². The molecule has 3 rings (SSSR count). The van der Waals surface area contributed by atoms with Crippen molar-refractivity contribution in [1.29, 1.82) is 0 Å². The lowest BCUT2D eigenvalue weighted by Crippen LogP contribution is -2.51. The second-order valence-corrected chi connectivity index (χ2v) is 7.07. The number of carbonyl (C=O) groups is 2. The monoisotopic (exact) mass is 431 g/mol. The van der Waals surface area contributed by atoms with Crippen molar-refractivity contribution in [3.8, 4) is 0 Å². The van der Waals surface area contributed by atoms with Crippen molar-refractivity contribution in [1.82, 2.24) is 10.2 Å².